The molecule has 1 saturated heterocycles. The van der Waals surface area contributed by atoms with Gasteiger partial charge in [0.05, 0.1) is 6.61 Å². The van der Waals surface area contributed by atoms with Gasteiger partial charge in [0.15, 0.2) is 11.4 Å². The minimum Gasteiger partial charge on any atom is -0.426 e. The topological polar surface area (TPSA) is 76.1 Å². The van der Waals surface area contributed by atoms with Crippen molar-refractivity contribution in [1.82, 2.24) is 0 Å². The third kappa shape index (κ3) is 1.30. The van der Waals surface area contributed by atoms with Crippen LogP contribution in [-0.2, 0) is 19.1 Å². The van der Waals surface area contributed by atoms with Crippen LogP contribution in [0.15, 0.2) is 11.1 Å². The Bertz CT molecular complexity index is 573. The fourth-order valence-electron chi connectivity index (χ4n) is 4.52. The number of carbonyl (C=O) groups excluding carboxylic acids is 2. The molecule has 0 aromatic heterocycles. The van der Waals surface area contributed by atoms with Crippen LogP contribution in [0.4, 0.5) is 0 Å². The molecule has 1 N–H and O–H groups in total. The smallest absolute Gasteiger partial charge is 0.336 e. The molecule has 4 atom stereocenters. The fraction of sp³-hybridized carbons (Fsp3) is 0.733. The predicted molar refractivity (Wildman–Crippen MR) is 67.5 cm³/mol. The quantitative estimate of drug-likeness (QED) is 0.530. The van der Waals surface area contributed by atoms with Gasteiger partial charge >= 0.3 is 5.97 Å². The highest BCUT2D eigenvalue weighted by molar-refractivity contribution is 5.93. The lowest BCUT2D eigenvalue weighted by atomic mass is 9.54. The van der Waals surface area contributed by atoms with E-state index in [1.54, 1.807) is 6.92 Å². The van der Waals surface area contributed by atoms with Gasteiger partial charge < -0.3 is 14.6 Å². The zero-order valence-electron chi connectivity index (χ0n) is 11.7. The standard InChI is InChI=1S/C15H18O5/c1-8-9-5-10-13(2,6-15(9,18)20-12(8)17)4-3-11(16)14(10)7-19-14/h10,18H,3-7H2,1-2H3/t10-,13-,14+,15+/m1/s1. The molecular weight excluding hydrogens is 260 g/mol. The Balaban J connectivity index is 1.80. The number of fused-ring (bicyclic) bond motifs is 3. The first-order valence-electron chi connectivity index (χ1n) is 7.14. The molecule has 0 bridgehead atoms. The number of epoxide rings is 1. The summed E-state index contributed by atoms with van der Waals surface area (Å²) in [4.78, 5) is 24.0. The van der Waals surface area contributed by atoms with Crippen molar-refractivity contribution in [3.63, 3.8) is 0 Å². The van der Waals surface area contributed by atoms with E-state index < -0.39 is 17.4 Å². The maximum atomic E-state index is 12.2. The molecule has 4 rings (SSSR count). The van der Waals surface area contributed by atoms with Crippen molar-refractivity contribution in [2.24, 2.45) is 11.3 Å². The van der Waals surface area contributed by atoms with Crippen molar-refractivity contribution in [3.8, 4) is 0 Å². The molecule has 2 heterocycles. The molecule has 2 saturated carbocycles. The molecular formula is C15H18O5. The van der Waals surface area contributed by atoms with Gasteiger partial charge in [0.25, 0.3) is 0 Å². The van der Waals surface area contributed by atoms with Crippen molar-refractivity contribution in [3.05, 3.63) is 11.1 Å². The van der Waals surface area contributed by atoms with Crippen molar-refractivity contribution in [2.75, 3.05) is 6.61 Å². The third-order valence-electron chi connectivity index (χ3n) is 5.80. The second-order valence-corrected chi connectivity index (χ2v) is 6.97. The zero-order valence-corrected chi connectivity index (χ0v) is 11.7. The number of hydrogen-bond donors (Lipinski definition) is 1. The molecule has 0 aromatic rings. The number of ketones is 1. The summed E-state index contributed by atoms with van der Waals surface area (Å²) in [6, 6.07) is 0. The second-order valence-electron chi connectivity index (χ2n) is 6.97. The van der Waals surface area contributed by atoms with E-state index >= 15 is 0 Å². The van der Waals surface area contributed by atoms with Crippen LogP contribution in [0.2, 0.25) is 0 Å². The maximum Gasteiger partial charge on any atom is 0.336 e. The molecule has 1 spiro atoms. The Morgan fingerprint density at radius 3 is 2.70 bits per heavy atom. The first-order chi connectivity index (χ1) is 9.31. The average Bonchev–Trinajstić information content (AvgIpc) is 3.10. The highest BCUT2D eigenvalue weighted by atomic mass is 16.7. The normalized spacial score (nSPS) is 50.0. The Labute approximate surface area is 116 Å². The summed E-state index contributed by atoms with van der Waals surface area (Å²) in [6.07, 6.45) is 2.07. The molecule has 0 aromatic carbocycles. The van der Waals surface area contributed by atoms with E-state index in [1.807, 2.05) is 0 Å². The van der Waals surface area contributed by atoms with Crippen LogP contribution in [-0.4, -0.2) is 34.9 Å². The van der Waals surface area contributed by atoms with Crippen molar-refractivity contribution in [2.45, 2.75) is 50.9 Å². The van der Waals surface area contributed by atoms with Crippen LogP contribution < -0.4 is 0 Å². The van der Waals surface area contributed by atoms with Crippen LogP contribution in [0.5, 0.6) is 0 Å². The van der Waals surface area contributed by atoms with Crippen LogP contribution in [0.25, 0.3) is 0 Å². The molecule has 4 aliphatic rings. The summed E-state index contributed by atoms with van der Waals surface area (Å²) in [5.41, 5.74) is 0.249. The number of aliphatic hydroxyl groups is 1. The number of ether oxygens (including phenoxy) is 2. The summed E-state index contributed by atoms with van der Waals surface area (Å²) in [5, 5.41) is 10.7. The molecule has 20 heavy (non-hydrogen) atoms. The van der Waals surface area contributed by atoms with Gasteiger partial charge in [0.2, 0.25) is 5.79 Å². The Morgan fingerprint density at radius 2 is 2.05 bits per heavy atom. The largest absolute Gasteiger partial charge is 0.426 e. The molecule has 0 unspecified atom stereocenters. The summed E-state index contributed by atoms with van der Waals surface area (Å²) in [6.45, 7) is 4.23. The van der Waals surface area contributed by atoms with Gasteiger partial charge in [0.1, 0.15) is 0 Å². The van der Waals surface area contributed by atoms with Gasteiger partial charge in [-0.1, -0.05) is 6.92 Å². The monoisotopic (exact) mass is 278 g/mol. The van der Waals surface area contributed by atoms with Gasteiger partial charge in [-0.2, -0.15) is 0 Å². The van der Waals surface area contributed by atoms with Crippen molar-refractivity contribution >= 4 is 11.8 Å². The first-order valence-corrected chi connectivity index (χ1v) is 7.14. The summed E-state index contributed by atoms with van der Waals surface area (Å²) >= 11 is 0. The van der Waals surface area contributed by atoms with Crippen LogP contribution in [0.1, 0.15) is 39.5 Å². The summed E-state index contributed by atoms with van der Waals surface area (Å²) in [7, 11) is 0. The molecule has 3 fully saturated rings. The highest BCUT2D eigenvalue weighted by Crippen LogP contribution is 2.62. The third-order valence-corrected chi connectivity index (χ3v) is 5.80. The van der Waals surface area contributed by atoms with Gasteiger partial charge in [-0.25, -0.2) is 4.79 Å². The molecule has 2 aliphatic carbocycles. The van der Waals surface area contributed by atoms with Crippen molar-refractivity contribution < 1.29 is 24.2 Å². The van der Waals surface area contributed by atoms with E-state index in [-0.39, 0.29) is 17.1 Å². The second kappa shape index (κ2) is 3.34. The van der Waals surface area contributed by atoms with E-state index in [4.69, 9.17) is 9.47 Å². The van der Waals surface area contributed by atoms with Gasteiger partial charge in [0, 0.05) is 29.9 Å². The zero-order chi connectivity index (χ0) is 14.3. The number of hydrogen-bond acceptors (Lipinski definition) is 5. The fourth-order valence-corrected chi connectivity index (χ4v) is 4.52. The van der Waals surface area contributed by atoms with Crippen LogP contribution in [0.3, 0.4) is 0 Å². The number of Topliss-reactive ketones (excluding diaryl/α,β-unsaturated/α-hetero) is 1. The lowest BCUT2D eigenvalue weighted by Gasteiger charge is -2.51. The summed E-state index contributed by atoms with van der Waals surface area (Å²) in [5.74, 6) is -1.70. The van der Waals surface area contributed by atoms with E-state index in [2.05, 4.69) is 6.92 Å². The Morgan fingerprint density at radius 1 is 1.35 bits per heavy atom. The highest BCUT2D eigenvalue weighted by Gasteiger charge is 2.69. The van der Waals surface area contributed by atoms with Gasteiger partial charge in [-0.05, 0) is 25.2 Å². The molecule has 0 amide bonds. The van der Waals surface area contributed by atoms with Gasteiger partial charge in [-0.15, -0.1) is 0 Å². The minimum absolute atomic E-state index is 0.0379. The van der Waals surface area contributed by atoms with E-state index in [9.17, 15) is 14.7 Å². The van der Waals surface area contributed by atoms with E-state index in [0.29, 0.717) is 43.4 Å². The molecule has 5 heteroatoms. The lowest BCUT2D eigenvalue weighted by molar-refractivity contribution is -0.209. The van der Waals surface area contributed by atoms with Crippen LogP contribution in [0, 0.1) is 11.3 Å². The predicted octanol–water partition coefficient (Wildman–Crippen LogP) is 1.10. The molecule has 108 valence electrons. The van der Waals surface area contributed by atoms with Crippen molar-refractivity contribution in [1.29, 1.82) is 0 Å². The van der Waals surface area contributed by atoms with Crippen LogP contribution >= 0.6 is 0 Å². The van der Waals surface area contributed by atoms with E-state index in [0.717, 1.165) is 0 Å². The molecule has 5 nitrogen and oxygen atoms in total. The molecule has 0 radical (unpaired) electrons. The number of carbonyl (C=O) groups is 2. The Hall–Kier alpha value is -1.20. The first kappa shape index (κ1) is 12.5. The lowest BCUT2D eigenvalue weighted by Crippen LogP contribution is -2.56. The van der Waals surface area contributed by atoms with Gasteiger partial charge in [-0.3, -0.25) is 4.79 Å². The SMILES string of the molecule is CC1=C2C[C@@H]3[C@](C)(CCC(=O)[C@]34CO4)C[C@]2(O)OC1=O. The summed E-state index contributed by atoms with van der Waals surface area (Å²) < 4.78 is 10.8. The maximum absolute atomic E-state index is 12.2. The minimum atomic E-state index is -1.47. The Kier molecular flexibility index (Phi) is 2.09. The molecule has 2 aliphatic heterocycles. The average molecular weight is 278 g/mol. The van der Waals surface area contributed by atoms with E-state index in [1.165, 1.54) is 0 Å². The number of esters is 1. The number of rotatable bonds is 0.